The zero-order valence-electron chi connectivity index (χ0n) is 12.4. The first-order valence-electron chi connectivity index (χ1n) is 7.42. The first-order valence-corrected chi connectivity index (χ1v) is 7.42. The van der Waals surface area contributed by atoms with E-state index in [0.29, 0.717) is 24.5 Å². The van der Waals surface area contributed by atoms with Crippen LogP contribution in [0.2, 0.25) is 0 Å². The smallest absolute Gasteiger partial charge is 0.251 e. The number of piperidine rings is 1. The molecule has 2 N–H and O–H groups in total. The Morgan fingerprint density at radius 3 is 2.95 bits per heavy atom. The zero-order chi connectivity index (χ0) is 14.3. The number of hydrogen-bond donors (Lipinski definition) is 2. The summed E-state index contributed by atoms with van der Waals surface area (Å²) in [7, 11) is 2.19. The average Bonchev–Trinajstić information content (AvgIpc) is 2.78. The molecule has 1 saturated heterocycles. The molecule has 0 spiro atoms. The van der Waals surface area contributed by atoms with Gasteiger partial charge in [0.15, 0.2) is 0 Å². The second-order valence-corrected chi connectivity index (χ2v) is 6.31. The van der Waals surface area contributed by atoms with E-state index in [-0.39, 0.29) is 5.91 Å². The summed E-state index contributed by atoms with van der Waals surface area (Å²) < 4.78 is 0. The molecule has 4 nitrogen and oxygen atoms in total. The zero-order valence-corrected chi connectivity index (χ0v) is 12.4. The topological polar surface area (TPSA) is 44.4 Å². The van der Waals surface area contributed by atoms with Gasteiger partial charge in [-0.15, -0.1) is 0 Å². The van der Waals surface area contributed by atoms with Crippen molar-refractivity contribution in [3.8, 4) is 0 Å². The molecular formula is C16H23N3O. The molecule has 108 valence electrons. The molecule has 3 atom stereocenters. The number of rotatable bonds is 2. The number of carbonyl (C=O) groups excluding carboxylic acids is 1. The van der Waals surface area contributed by atoms with E-state index in [9.17, 15) is 4.79 Å². The van der Waals surface area contributed by atoms with Crippen molar-refractivity contribution in [1.29, 1.82) is 0 Å². The summed E-state index contributed by atoms with van der Waals surface area (Å²) in [4.78, 5) is 14.1. The van der Waals surface area contributed by atoms with Gasteiger partial charge in [0.2, 0.25) is 0 Å². The Morgan fingerprint density at radius 1 is 1.35 bits per heavy atom. The Hall–Kier alpha value is -1.55. The number of nitrogens with zero attached hydrogens (tertiary/aromatic N) is 1. The van der Waals surface area contributed by atoms with Gasteiger partial charge in [-0.3, -0.25) is 4.79 Å². The molecule has 0 aromatic heterocycles. The molecule has 1 aromatic carbocycles. The maximum Gasteiger partial charge on any atom is 0.251 e. The fourth-order valence-corrected chi connectivity index (χ4v) is 3.26. The molecule has 1 fully saturated rings. The van der Waals surface area contributed by atoms with Crippen molar-refractivity contribution in [2.75, 3.05) is 18.9 Å². The van der Waals surface area contributed by atoms with Gasteiger partial charge in [-0.05, 0) is 44.0 Å². The maximum atomic E-state index is 11.7. The van der Waals surface area contributed by atoms with Crippen molar-refractivity contribution >= 4 is 11.6 Å². The highest BCUT2D eigenvalue weighted by Gasteiger charge is 2.29. The van der Waals surface area contributed by atoms with Crippen LogP contribution < -0.4 is 10.6 Å². The van der Waals surface area contributed by atoms with Crippen LogP contribution in [-0.4, -0.2) is 36.5 Å². The standard InChI is InChI=1S/C16H23N3O/c1-10-9-19(3)11(2)6-15(10)18-13-5-4-12-8-17-16(20)14(12)7-13/h4-5,7,10-11,15,18H,6,8-9H2,1-3H3,(H,17,20)/t10-,11+,15-/m1/s1. The molecular weight excluding hydrogens is 250 g/mol. The third kappa shape index (κ3) is 2.40. The second kappa shape index (κ2) is 5.09. The number of likely N-dealkylation sites (tertiary alicyclic amines) is 1. The molecule has 0 bridgehead atoms. The van der Waals surface area contributed by atoms with Gasteiger partial charge in [-0.2, -0.15) is 0 Å². The Kier molecular flexibility index (Phi) is 3.42. The second-order valence-electron chi connectivity index (χ2n) is 6.31. The SMILES string of the molecule is C[C@@H]1CN(C)[C@@H](C)C[C@H]1Nc1ccc2c(c1)C(=O)NC2. The quantitative estimate of drug-likeness (QED) is 0.867. The molecule has 4 heteroatoms. The number of amides is 1. The van der Waals surface area contributed by atoms with Crippen LogP contribution in [-0.2, 0) is 6.54 Å². The highest BCUT2D eigenvalue weighted by atomic mass is 16.1. The fourth-order valence-electron chi connectivity index (χ4n) is 3.26. The highest BCUT2D eigenvalue weighted by molar-refractivity contribution is 5.99. The van der Waals surface area contributed by atoms with Crippen molar-refractivity contribution in [3.05, 3.63) is 29.3 Å². The highest BCUT2D eigenvalue weighted by Crippen LogP contribution is 2.26. The summed E-state index contributed by atoms with van der Waals surface area (Å²) in [6, 6.07) is 7.21. The van der Waals surface area contributed by atoms with E-state index in [1.54, 1.807) is 0 Å². The molecule has 2 heterocycles. The lowest BCUT2D eigenvalue weighted by molar-refractivity contribution is 0.0966. The van der Waals surface area contributed by atoms with Crippen LogP contribution in [0.15, 0.2) is 18.2 Å². The van der Waals surface area contributed by atoms with Gasteiger partial charge < -0.3 is 15.5 Å². The number of benzene rings is 1. The largest absolute Gasteiger partial charge is 0.382 e. The van der Waals surface area contributed by atoms with Crippen molar-refractivity contribution in [1.82, 2.24) is 10.2 Å². The number of carbonyl (C=O) groups is 1. The van der Waals surface area contributed by atoms with Gasteiger partial charge in [0.05, 0.1) is 0 Å². The van der Waals surface area contributed by atoms with Crippen LogP contribution in [0.5, 0.6) is 0 Å². The molecule has 1 aromatic rings. The minimum atomic E-state index is 0.0495. The van der Waals surface area contributed by atoms with Crippen LogP contribution in [0.3, 0.4) is 0 Å². The van der Waals surface area contributed by atoms with Crippen molar-refractivity contribution in [2.24, 2.45) is 5.92 Å². The first kappa shape index (κ1) is 13.4. The minimum absolute atomic E-state index is 0.0495. The molecule has 20 heavy (non-hydrogen) atoms. The Balaban J connectivity index is 1.75. The van der Waals surface area contributed by atoms with E-state index in [4.69, 9.17) is 0 Å². The molecule has 2 aliphatic heterocycles. The summed E-state index contributed by atoms with van der Waals surface area (Å²) in [6.45, 7) is 6.34. The third-order valence-corrected chi connectivity index (χ3v) is 4.76. The maximum absolute atomic E-state index is 11.7. The molecule has 0 unspecified atom stereocenters. The molecule has 3 rings (SSSR count). The lowest BCUT2D eigenvalue weighted by Crippen LogP contribution is -2.48. The fraction of sp³-hybridized carbons (Fsp3) is 0.562. The summed E-state index contributed by atoms with van der Waals surface area (Å²) in [5, 5.41) is 6.49. The van der Waals surface area contributed by atoms with Crippen molar-refractivity contribution in [2.45, 2.75) is 38.9 Å². The predicted molar refractivity (Wildman–Crippen MR) is 80.9 cm³/mol. The summed E-state index contributed by atoms with van der Waals surface area (Å²) in [5.41, 5.74) is 2.99. The summed E-state index contributed by atoms with van der Waals surface area (Å²) >= 11 is 0. The van der Waals surface area contributed by atoms with E-state index < -0.39 is 0 Å². The third-order valence-electron chi connectivity index (χ3n) is 4.76. The van der Waals surface area contributed by atoms with Gasteiger partial charge in [0.1, 0.15) is 0 Å². The van der Waals surface area contributed by atoms with Gasteiger partial charge in [-0.25, -0.2) is 0 Å². The molecule has 1 amide bonds. The lowest BCUT2D eigenvalue weighted by Gasteiger charge is -2.40. The van der Waals surface area contributed by atoms with Crippen LogP contribution in [0.4, 0.5) is 5.69 Å². The Labute approximate surface area is 120 Å². The number of nitrogens with one attached hydrogen (secondary N) is 2. The molecule has 0 saturated carbocycles. The number of fused-ring (bicyclic) bond motifs is 1. The van der Waals surface area contributed by atoms with Gasteiger partial charge >= 0.3 is 0 Å². The number of anilines is 1. The Morgan fingerprint density at radius 2 is 2.15 bits per heavy atom. The molecule has 0 aliphatic carbocycles. The van der Waals surface area contributed by atoms with Gasteiger partial charge in [0.25, 0.3) is 5.91 Å². The van der Waals surface area contributed by atoms with Crippen molar-refractivity contribution in [3.63, 3.8) is 0 Å². The normalized spacial score (nSPS) is 29.9. The van der Waals surface area contributed by atoms with E-state index in [1.807, 2.05) is 6.07 Å². The predicted octanol–water partition coefficient (Wildman–Crippen LogP) is 2.07. The summed E-state index contributed by atoms with van der Waals surface area (Å²) in [6.07, 6.45) is 1.14. The monoisotopic (exact) mass is 273 g/mol. The van der Waals surface area contributed by atoms with Crippen LogP contribution >= 0.6 is 0 Å². The van der Waals surface area contributed by atoms with E-state index in [0.717, 1.165) is 29.8 Å². The first-order chi connectivity index (χ1) is 9.54. The van der Waals surface area contributed by atoms with Crippen LogP contribution in [0.1, 0.15) is 36.2 Å². The average molecular weight is 273 g/mol. The van der Waals surface area contributed by atoms with Gasteiger partial charge in [0, 0.05) is 36.4 Å². The molecule has 2 aliphatic rings. The Bertz CT molecular complexity index is 528. The van der Waals surface area contributed by atoms with Crippen LogP contribution in [0.25, 0.3) is 0 Å². The minimum Gasteiger partial charge on any atom is -0.382 e. The van der Waals surface area contributed by atoms with E-state index in [1.165, 1.54) is 0 Å². The summed E-state index contributed by atoms with van der Waals surface area (Å²) in [5.74, 6) is 0.659. The van der Waals surface area contributed by atoms with E-state index >= 15 is 0 Å². The molecule has 0 radical (unpaired) electrons. The van der Waals surface area contributed by atoms with Gasteiger partial charge in [-0.1, -0.05) is 13.0 Å². The van der Waals surface area contributed by atoms with E-state index in [2.05, 4.69) is 48.6 Å². The number of hydrogen-bond acceptors (Lipinski definition) is 3. The van der Waals surface area contributed by atoms with Crippen molar-refractivity contribution < 1.29 is 4.79 Å². The van der Waals surface area contributed by atoms with Crippen LogP contribution in [0, 0.1) is 5.92 Å². The lowest BCUT2D eigenvalue weighted by atomic mass is 9.89.